The van der Waals surface area contributed by atoms with Crippen molar-refractivity contribution in [1.82, 2.24) is 0 Å². The van der Waals surface area contributed by atoms with Crippen molar-refractivity contribution in [3.63, 3.8) is 0 Å². The Morgan fingerprint density at radius 2 is 1.75 bits per heavy atom. The van der Waals surface area contributed by atoms with Gasteiger partial charge in [-0.15, -0.1) is 0 Å². The van der Waals surface area contributed by atoms with Crippen molar-refractivity contribution in [2.24, 2.45) is 0 Å². The summed E-state index contributed by atoms with van der Waals surface area (Å²) in [4.78, 5) is 25.3. The molecule has 3 N–H and O–H groups in total. The van der Waals surface area contributed by atoms with Crippen LogP contribution in [0.15, 0.2) is 0 Å². The van der Waals surface area contributed by atoms with Crippen LogP contribution in [0.5, 0.6) is 0 Å². The molecule has 0 aliphatic carbocycles. The number of hydrogen-bond donors (Lipinski definition) is 3. The van der Waals surface area contributed by atoms with Crippen molar-refractivity contribution in [2.75, 3.05) is 0 Å². The molecular weight excluding hydrogens is 210 g/mol. The molecule has 9 heteroatoms. The van der Waals surface area contributed by atoms with Gasteiger partial charge in [-0.1, -0.05) is 0 Å². The average molecular weight is 218 g/mol. The SMILES string of the molecule is C[C@H]1O[C@@H]1P(=O)(O)OP(=O)(O)O. The molecule has 0 aromatic rings. The summed E-state index contributed by atoms with van der Waals surface area (Å²) >= 11 is 0. The lowest BCUT2D eigenvalue weighted by molar-refractivity contribution is 0.255. The third-order valence-electron chi connectivity index (χ3n) is 1.22. The first-order chi connectivity index (χ1) is 5.22. The highest BCUT2D eigenvalue weighted by atomic mass is 31.3. The molecule has 7 nitrogen and oxygen atoms in total. The van der Waals surface area contributed by atoms with Crippen molar-refractivity contribution in [2.45, 2.75) is 18.9 Å². The highest BCUT2D eigenvalue weighted by Crippen LogP contribution is 2.65. The summed E-state index contributed by atoms with van der Waals surface area (Å²) in [6, 6.07) is 0. The van der Waals surface area contributed by atoms with Gasteiger partial charge in [0, 0.05) is 0 Å². The van der Waals surface area contributed by atoms with Gasteiger partial charge in [0.25, 0.3) is 0 Å². The standard InChI is InChI=1S/C3H8O7P2/c1-2-3(9-2)11(4,5)10-12(6,7)8/h2-3H,1H3,(H,4,5)(H2,6,7,8)/t2-,3-/m1/s1. The summed E-state index contributed by atoms with van der Waals surface area (Å²) in [5.41, 5.74) is 0. The highest BCUT2D eigenvalue weighted by Gasteiger charge is 2.53. The summed E-state index contributed by atoms with van der Waals surface area (Å²) in [5.74, 6) is -1.11. The van der Waals surface area contributed by atoms with E-state index in [4.69, 9.17) is 14.7 Å². The lowest BCUT2D eigenvalue weighted by Gasteiger charge is -2.09. The summed E-state index contributed by atoms with van der Waals surface area (Å²) in [6.07, 6.45) is -0.493. The van der Waals surface area contributed by atoms with Crippen molar-refractivity contribution in [3.05, 3.63) is 0 Å². The Hall–Kier alpha value is 0.260. The molecule has 0 amide bonds. The van der Waals surface area contributed by atoms with E-state index in [2.05, 4.69) is 9.05 Å². The van der Waals surface area contributed by atoms with Gasteiger partial charge in [-0.05, 0) is 6.92 Å². The number of rotatable bonds is 3. The minimum Gasteiger partial charge on any atom is -0.356 e. The smallest absolute Gasteiger partial charge is 0.356 e. The van der Waals surface area contributed by atoms with Crippen LogP contribution >= 0.6 is 15.4 Å². The normalized spacial score (nSPS) is 34.3. The third-order valence-corrected chi connectivity index (χ3v) is 4.20. The molecule has 0 aromatic heterocycles. The maximum absolute atomic E-state index is 10.9. The van der Waals surface area contributed by atoms with Crippen molar-refractivity contribution in [3.8, 4) is 0 Å². The highest BCUT2D eigenvalue weighted by molar-refractivity contribution is 7.64. The van der Waals surface area contributed by atoms with E-state index in [0.717, 1.165) is 0 Å². The molecule has 1 unspecified atom stereocenters. The van der Waals surface area contributed by atoms with Crippen molar-refractivity contribution >= 4 is 15.4 Å². The van der Waals surface area contributed by atoms with Gasteiger partial charge in [0.2, 0.25) is 0 Å². The number of hydrogen-bond acceptors (Lipinski definition) is 4. The Labute approximate surface area is 68.1 Å². The van der Waals surface area contributed by atoms with Crippen LogP contribution in [0.25, 0.3) is 0 Å². The van der Waals surface area contributed by atoms with E-state index in [1.807, 2.05) is 0 Å². The second-order valence-electron chi connectivity index (χ2n) is 2.37. The van der Waals surface area contributed by atoms with Gasteiger partial charge in [-0.25, -0.2) is 8.88 Å². The topological polar surface area (TPSA) is 117 Å². The molecular formula is C3H8O7P2. The fraction of sp³-hybridized carbons (Fsp3) is 1.00. The molecule has 0 saturated carbocycles. The molecule has 12 heavy (non-hydrogen) atoms. The van der Waals surface area contributed by atoms with Crippen molar-refractivity contribution in [1.29, 1.82) is 0 Å². The monoisotopic (exact) mass is 218 g/mol. The molecule has 72 valence electrons. The summed E-state index contributed by atoms with van der Waals surface area (Å²) in [5, 5.41) is 0. The van der Waals surface area contributed by atoms with Gasteiger partial charge in [0.1, 0.15) is 0 Å². The number of phosphoric acid groups is 1. The largest absolute Gasteiger partial charge is 0.476 e. The molecule has 0 radical (unpaired) electrons. The van der Waals surface area contributed by atoms with Gasteiger partial charge in [0.05, 0.1) is 6.10 Å². The van der Waals surface area contributed by atoms with E-state index in [1.165, 1.54) is 6.92 Å². The number of epoxide rings is 1. The lowest BCUT2D eigenvalue weighted by Crippen LogP contribution is -1.96. The van der Waals surface area contributed by atoms with Crippen LogP contribution in [0.4, 0.5) is 0 Å². The van der Waals surface area contributed by atoms with Crippen LogP contribution in [0.3, 0.4) is 0 Å². The maximum atomic E-state index is 10.9. The fourth-order valence-electron chi connectivity index (χ4n) is 0.716. The molecule has 1 saturated heterocycles. The molecule has 1 heterocycles. The predicted molar refractivity (Wildman–Crippen MR) is 37.3 cm³/mol. The molecule has 0 aromatic carbocycles. The Balaban J connectivity index is 2.62. The maximum Gasteiger partial charge on any atom is 0.476 e. The van der Waals surface area contributed by atoms with Crippen LogP contribution in [0, 0.1) is 0 Å². The van der Waals surface area contributed by atoms with Gasteiger partial charge < -0.3 is 19.4 Å². The van der Waals surface area contributed by atoms with Crippen LogP contribution in [0.1, 0.15) is 6.92 Å². The van der Waals surface area contributed by atoms with Crippen molar-refractivity contribution < 1.29 is 32.9 Å². The lowest BCUT2D eigenvalue weighted by atomic mass is 10.6. The van der Waals surface area contributed by atoms with E-state index in [-0.39, 0.29) is 0 Å². The van der Waals surface area contributed by atoms with E-state index in [0.29, 0.717) is 0 Å². The summed E-state index contributed by atoms with van der Waals surface area (Å²) in [6.45, 7) is 1.50. The minimum absolute atomic E-state index is 0.493. The quantitative estimate of drug-likeness (QED) is 0.451. The van der Waals surface area contributed by atoms with E-state index >= 15 is 0 Å². The zero-order chi connectivity index (χ0) is 9.57. The number of ether oxygens (including phenoxy) is 1. The summed E-state index contributed by atoms with van der Waals surface area (Å²) in [7, 11) is -9.24. The van der Waals surface area contributed by atoms with Crippen LogP contribution < -0.4 is 0 Å². The van der Waals surface area contributed by atoms with Gasteiger partial charge in [0.15, 0.2) is 5.85 Å². The van der Waals surface area contributed by atoms with Gasteiger partial charge >= 0.3 is 15.4 Å². The molecule has 1 aliphatic heterocycles. The van der Waals surface area contributed by atoms with Crippen LogP contribution in [-0.4, -0.2) is 26.6 Å². The predicted octanol–water partition coefficient (Wildman–Crippen LogP) is 0.0259. The molecule has 0 bridgehead atoms. The third kappa shape index (κ3) is 2.64. The minimum atomic E-state index is -4.92. The van der Waals surface area contributed by atoms with Gasteiger partial charge in [-0.2, -0.15) is 0 Å². The van der Waals surface area contributed by atoms with Crippen LogP contribution in [0.2, 0.25) is 0 Å². The van der Waals surface area contributed by atoms with E-state index < -0.39 is 27.4 Å². The Bertz CT molecular complexity index is 268. The zero-order valence-electron chi connectivity index (χ0n) is 6.02. The van der Waals surface area contributed by atoms with Gasteiger partial charge in [-0.3, -0.25) is 4.57 Å². The fourth-order valence-corrected chi connectivity index (χ4v) is 3.18. The molecule has 1 rings (SSSR count). The van der Waals surface area contributed by atoms with E-state index in [9.17, 15) is 9.13 Å². The Morgan fingerprint density at radius 1 is 1.33 bits per heavy atom. The molecule has 1 aliphatic rings. The molecule has 1 fully saturated rings. The Morgan fingerprint density at radius 3 is 2.00 bits per heavy atom. The average Bonchev–Trinajstić information content (AvgIpc) is 2.38. The second kappa shape index (κ2) is 2.89. The molecule has 3 atom stereocenters. The van der Waals surface area contributed by atoms with Crippen LogP contribution in [-0.2, 0) is 18.2 Å². The zero-order valence-corrected chi connectivity index (χ0v) is 7.81. The first-order valence-electron chi connectivity index (χ1n) is 2.97. The van der Waals surface area contributed by atoms with E-state index in [1.54, 1.807) is 0 Å². The summed E-state index contributed by atoms with van der Waals surface area (Å²) < 4.78 is 29.3. The second-order valence-corrected chi connectivity index (χ2v) is 5.64. The first-order valence-corrected chi connectivity index (χ1v) is 6.15. The molecule has 0 spiro atoms. The Kier molecular flexibility index (Phi) is 2.49. The first kappa shape index (κ1) is 10.3.